The molecule has 1 fully saturated rings. The SMILES string of the molecule is Cn1ncc(Cl)c1S(=O)(=O)NCC1(C(=O)O)CCC1. The highest BCUT2D eigenvalue weighted by atomic mass is 35.5. The summed E-state index contributed by atoms with van der Waals surface area (Å²) in [6.45, 7) is -0.133. The van der Waals surface area contributed by atoms with Gasteiger partial charge in [0.2, 0.25) is 0 Å². The number of halogens is 1. The number of aryl methyl sites for hydroxylation is 1. The predicted molar refractivity (Wildman–Crippen MR) is 67.3 cm³/mol. The zero-order chi connectivity index (χ0) is 14.3. The van der Waals surface area contributed by atoms with E-state index in [1.807, 2.05) is 0 Å². The maximum absolute atomic E-state index is 12.1. The van der Waals surface area contributed by atoms with E-state index in [1.165, 1.54) is 13.2 Å². The van der Waals surface area contributed by atoms with Crippen LogP contribution in [0, 0.1) is 5.41 Å². The average Bonchev–Trinajstić information content (AvgIpc) is 2.56. The van der Waals surface area contributed by atoms with E-state index in [2.05, 4.69) is 9.82 Å². The molecule has 0 aromatic carbocycles. The molecule has 1 aliphatic rings. The van der Waals surface area contributed by atoms with Gasteiger partial charge in [-0.15, -0.1) is 0 Å². The summed E-state index contributed by atoms with van der Waals surface area (Å²) < 4.78 is 27.6. The third-order valence-electron chi connectivity index (χ3n) is 3.46. The molecule has 0 atom stereocenters. The van der Waals surface area contributed by atoms with Crippen molar-refractivity contribution in [1.82, 2.24) is 14.5 Å². The van der Waals surface area contributed by atoms with Gasteiger partial charge in [0.05, 0.1) is 16.6 Å². The molecule has 0 spiro atoms. The Morgan fingerprint density at radius 1 is 1.63 bits per heavy atom. The van der Waals surface area contributed by atoms with Crippen LogP contribution in [0.25, 0.3) is 0 Å². The van der Waals surface area contributed by atoms with Crippen molar-refractivity contribution in [3.63, 3.8) is 0 Å². The van der Waals surface area contributed by atoms with Gasteiger partial charge in [0.25, 0.3) is 10.0 Å². The number of carboxylic acid groups (broad SMARTS) is 1. The van der Waals surface area contributed by atoms with E-state index < -0.39 is 21.4 Å². The molecule has 2 rings (SSSR count). The Kier molecular flexibility index (Phi) is 3.59. The van der Waals surface area contributed by atoms with Crippen LogP contribution in [-0.4, -0.2) is 35.8 Å². The molecule has 0 aliphatic heterocycles. The van der Waals surface area contributed by atoms with Gasteiger partial charge in [-0.05, 0) is 12.8 Å². The monoisotopic (exact) mass is 307 g/mol. The molecule has 0 unspecified atom stereocenters. The number of aromatic nitrogens is 2. The summed E-state index contributed by atoms with van der Waals surface area (Å²) in [5.74, 6) is -0.974. The number of nitrogens with zero attached hydrogens (tertiary/aromatic N) is 2. The number of aliphatic carboxylic acids is 1. The second kappa shape index (κ2) is 4.77. The Balaban J connectivity index is 2.17. The molecule has 9 heteroatoms. The van der Waals surface area contributed by atoms with E-state index in [1.54, 1.807) is 0 Å². The van der Waals surface area contributed by atoms with Crippen molar-refractivity contribution >= 4 is 27.6 Å². The summed E-state index contributed by atoms with van der Waals surface area (Å²) in [5, 5.41) is 12.7. The van der Waals surface area contributed by atoms with Gasteiger partial charge in [-0.2, -0.15) is 5.10 Å². The van der Waals surface area contributed by atoms with Crippen molar-refractivity contribution in [1.29, 1.82) is 0 Å². The van der Waals surface area contributed by atoms with Gasteiger partial charge in [-0.3, -0.25) is 9.48 Å². The van der Waals surface area contributed by atoms with Crippen LogP contribution in [0.4, 0.5) is 0 Å². The lowest BCUT2D eigenvalue weighted by Gasteiger charge is -2.37. The normalized spacial score (nSPS) is 18.0. The first-order chi connectivity index (χ1) is 8.78. The molecule has 106 valence electrons. The highest BCUT2D eigenvalue weighted by Crippen LogP contribution is 2.40. The second-order valence-corrected chi connectivity index (χ2v) is 6.77. The minimum atomic E-state index is -3.87. The van der Waals surface area contributed by atoms with Crippen LogP contribution in [-0.2, 0) is 21.9 Å². The van der Waals surface area contributed by atoms with E-state index in [4.69, 9.17) is 16.7 Å². The average molecular weight is 308 g/mol. The molecule has 7 nitrogen and oxygen atoms in total. The van der Waals surface area contributed by atoms with Crippen LogP contribution < -0.4 is 4.72 Å². The zero-order valence-electron chi connectivity index (χ0n) is 10.3. The highest BCUT2D eigenvalue weighted by Gasteiger charge is 2.45. The van der Waals surface area contributed by atoms with Crippen molar-refractivity contribution in [2.24, 2.45) is 12.5 Å². The molecule has 2 N–H and O–H groups in total. The van der Waals surface area contributed by atoms with Gasteiger partial charge in [-0.25, -0.2) is 13.1 Å². The molecule has 1 aromatic heterocycles. The lowest BCUT2D eigenvalue weighted by Crippen LogP contribution is -2.47. The molecular formula is C10H14ClN3O4S. The highest BCUT2D eigenvalue weighted by molar-refractivity contribution is 7.89. The van der Waals surface area contributed by atoms with Gasteiger partial charge >= 0.3 is 5.97 Å². The van der Waals surface area contributed by atoms with Crippen LogP contribution in [0.5, 0.6) is 0 Å². The molecule has 1 aromatic rings. The van der Waals surface area contributed by atoms with Crippen molar-refractivity contribution in [2.75, 3.05) is 6.54 Å². The fourth-order valence-electron chi connectivity index (χ4n) is 2.07. The summed E-state index contributed by atoms with van der Waals surface area (Å²) >= 11 is 5.77. The number of rotatable bonds is 5. The Bertz CT molecular complexity index is 587. The molecule has 0 amide bonds. The van der Waals surface area contributed by atoms with Crippen molar-refractivity contribution in [3.05, 3.63) is 11.2 Å². The maximum Gasteiger partial charge on any atom is 0.310 e. The number of carbonyl (C=O) groups is 1. The van der Waals surface area contributed by atoms with Crippen molar-refractivity contribution in [3.8, 4) is 0 Å². The lowest BCUT2D eigenvalue weighted by atomic mass is 9.69. The standard InChI is InChI=1S/C10H14ClN3O4S/c1-14-8(7(11)5-12-14)19(17,18)13-6-10(9(15)16)3-2-4-10/h5,13H,2-4,6H2,1H3,(H,15,16). The van der Waals surface area contributed by atoms with E-state index in [0.29, 0.717) is 12.8 Å². The number of sulfonamides is 1. The second-order valence-electron chi connectivity index (χ2n) is 4.68. The molecule has 1 saturated carbocycles. The molecule has 1 aliphatic carbocycles. The first-order valence-corrected chi connectivity index (χ1v) is 7.55. The predicted octanol–water partition coefficient (Wildman–Crippen LogP) is 0.607. The topological polar surface area (TPSA) is 101 Å². The first kappa shape index (κ1) is 14.3. The Labute approximate surface area is 115 Å². The summed E-state index contributed by atoms with van der Waals surface area (Å²) in [7, 11) is -2.41. The van der Waals surface area contributed by atoms with Crippen LogP contribution in [0.3, 0.4) is 0 Å². The quantitative estimate of drug-likeness (QED) is 0.830. The van der Waals surface area contributed by atoms with E-state index in [0.717, 1.165) is 11.1 Å². The largest absolute Gasteiger partial charge is 0.481 e. The van der Waals surface area contributed by atoms with Crippen molar-refractivity contribution in [2.45, 2.75) is 24.3 Å². The van der Waals surface area contributed by atoms with Crippen molar-refractivity contribution < 1.29 is 18.3 Å². The van der Waals surface area contributed by atoms with Gasteiger partial charge in [0.15, 0.2) is 5.03 Å². The number of nitrogens with one attached hydrogen (secondary N) is 1. The van der Waals surface area contributed by atoms with Gasteiger partial charge in [-0.1, -0.05) is 18.0 Å². The minimum absolute atomic E-state index is 0.00739. The van der Waals surface area contributed by atoms with Gasteiger partial charge < -0.3 is 5.11 Å². The molecule has 0 bridgehead atoms. The Morgan fingerprint density at radius 3 is 2.63 bits per heavy atom. The number of carboxylic acids is 1. The summed E-state index contributed by atoms with van der Waals surface area (Å²) in [4.78, 5) is 11.2. The zero-order valence-corrected chi connectivity index (χ0v) is 11.8. The molecular weight excluding hydrogens is 294 g/mol. The Hall–Kier alpha value is -1.12. The van der Waals surface area contributed by atoms with Gasteiger partial charge in [0.1, 0.15) is 0 Å². The molecule has 0 saturated heterocycles. The van der Waals surface area contributed by atoms with Crippen LogP contribution in [0.1, 0.15) is 19.3 Å². The van der Waals surface area contributed by atoms with Crippen LogP contribution in [0.15, 0.2) is 11.2 Å². The van der Waals surface area contributed by atoms with E-state index >= 15 is 0 Å². The Morgan fingerprint density at radius 2 is 2.26 bits per heavy atom. The van der Waals surface area contributed by atoms with Crippen LogP contribution >= 0.6 is 11.6 Å². The molecule has 1 heterocycles. The van der Waals surface area contributed by atoms with Crippen LogP contribution in [0.2, 0.25) is 5.02 Å². The van der Waals surface area contributed by atoms with E-state index in [-0.39, 0.29) is 16.6 Å². The molecule has 19 heavy (non-hydrogen) atoms. The lowest BCUT2D eigenvalue weighted by molar-refractivity contribution is -0.153. The summed E-state index contributed by atoms with van der Waals surface area (Å²) in [6, 6.07) is 0. The fourth-order valence-corrected chi connectivity index (χ4v) is 3.85. The summed E-state index contributed by atoms with van der Waals surface area (Å²) in [6.07, 6.45) is 2.97. The van der Waals surface area contributed by atoms with Gasteiger partial charge in [0, 0.05) is 13.6 Å². The molecule has 0 radical (unpaired) electrons. The minimum Gasteiger partial charge on any atom is -0.481 e. The smallest absolute Gasteiger partial charge is 0.310 e. The third kappa shape index (κ3) is 2.47. The number of hydrogen-bond donors (Lipinski definition) is 2. The fraction of sp³-hybridized carbons (Fsp3) is 0.600. The van der Waals surface area contributed by atoms with E-state index in [9.17, 15) is 13.2 Å². The maximum atomic E-state index is 12.1. The first-order valence-electron chi connectivity index (χ1n) is 5.69. The number of hydrogen-bond acceptors (Lipinski definition) is 4. The summed E-state index contributed by atoms with van der Waals surface area (Å²) in [5.41, 5.74) is -0.988. The third-order valence-corrected chi connectivity index (χ3v) is 5.37.